The van der Waals surface area contributed by atoms with Crippen LogP contribution in [0.3, 0.4) is 0 Å². The van der Waals surface area contributed by atoms with Gasteiger partial charge in [0.1, 0.15) is 48.8 Å². The van der Waals surface area contributed by atoms with Crippen molar-refractivity contribution in [3.05, 3.63) is 0 Å². The van der Waals surface area contributed by atoms with Crippen molar-refractivity contribution < 1.29 is 225 Å². The van der Waals surface area contributed by atoms with Gasteiger partial charge in [-0.15, -0.1) is 0 Å². The van der Waals surface area contributed by atoms with Crippen molar-refractivity contribution in [2.75, 3.05) is 52.7 Å². The second-order valence-electron chi connectivity index (χ2n) is 20.4. The van der Waals surface area contributed by atoms with Crippen LogP contribution in [0.15, 0.2) is 0 Å². The molecule has 1 amide bonds. The molecule has 1 rings (SSSR count). The number of hydrogen-bond donors (Lipinski definition) is 6. The topological polar surface area (TPSA) is 391 Å². The maximum absolute atomic E-state index is 13.0. The summed E-state index contributed by atoms with van der Waals surface area (Å²) in [5.41, 5.74) is 0. The molecule has 6 N–H and O–H groups in total. The Morgan fingerprint density at radius 1 is 0.602 bits per heavy atom. The number of phosphoric ester groups is 1. The van der Waals surface area contributed by atoms with Gasteiger partial charge in [-0.1, -0.05) is 181 Å². The molecule has 0 aromatic carbocycles. The number of nitrogens with one attached hydrogen (secondary N) is 2. The number of phosphoric acid groups is 1. The van der Waals surface area contributed by atoms with Crippen molar-refractivity contribution in [2.24, 2.45) is 0 Å². The van der Waals surface area contributed by atoms with Crippen molar-refractivity contribution in [1.82, 2.24) is 10.6 Å². The molecule has 0 radical (unpaired) electrons. The van der Waals surface area contributed by atoms with Gasteiger partial charge >= 0.3 is 118 Å². The number of unbranched alkanes of at least 4 members (excludes halogenated alkanes) is 26. The Morgan fingerprint density at radius 3 is 1.47 bits per heavy atom. The van der Waals surface area contributed by atoms with E-state index in [0.29, 0.717) is 13.2 Å². The minimum atomic E-state index is -5.94. The van der Waals surface area contributed by atoms with Gasteiger partial charge in [-0.2, -0.15) is 0 Å². The smallest absolute Gasteiger partial charge is 0.756 e. The molecule has 1 fully saturated rings. The zero-order valence-electron chi connectivity index (χ0n) is 51.0. The molecule has 0 saturated carbocycles. The fourth-order valence-electron chi connectivity index (χ4n) is 8.95. The summed E-state index contributed by atoms with van der Waals surface area (Å²) in [4.78, 5) is 37.1. The van der Waals surface area contributed by atoms with E-state index in [1.165, 1.54) is 128 Å². The minimum absolute atomic E-state index is 0. The average Bonchev–Trinajstić information content (AvgIpc) is 3.38. The summed E-state index contributed by atoms with van der Waals surface area (Å²) in [7, 11) is -16.6. The number of rotatable bonds is 54. The third-order valence-corrected chi connectivity index (χ3v) is 15.1. The van der Waals surface area contributed by atoms with E-state index in [1.807, 2.05) is 0 Å². The Balaban J connectivity index is -0.00000780. The Bertz CT molecular complexity index is 1850. The number of carbonyl (C=O) groups is 2. The van der Waals surface area contributed by atoms with Gasteiger partial charge < -0.3 is 83.0 Å². The second kappa shape index (κ2) is 56.0. The van der Waals surface area contributed by atoms with Gasteiger partial charge in [0.2, 0.25) is 26.7 Å². The molecule has 83 heavy (non-hydrogen) atoms. The molecule has 470 valence electrons. The van der Waals surface area contributed by atoms with Crippen LogP contribution in [0.2, 0.25) is 0 Å². The van der Waals surface area contributed by atoms with E-state index < -0.39 is 135 Å². The molecule has 25 nitrogen and oxygen atoms in total. The molecular weight excluding hydrogens is 1200 g/mol. The summed E-state index contributed by atoms with van der Waals surface area (Å²) in [6.45, 7) is 2.47. The Kier molecular flexibility index (Phi) is 62.0. The second-order valence-corrected chi connectivity index (χ2v) is 23.9. The van der Waals surface area contributed by atoms with Crippen LogP contribution in [-0.4, -0.2) is 172 Å². The standard InChI is InChI=1S/C51H101N2O23PS2.4Na/c1-4-6-8-10-12-14-16-18-20-22-24-26-28-30-33-69-37-41(70-34-31-29-27-25-23-21-19-17-15-13-11-9-7-5-2)38-72-77(61,62)71-35-32-52-36-42(53-40(3)54)47(48(76-79(66,67)68)43(55)39-73-78(63,64)65)74-51-46(58)44(56)45(57)49(75-51)50(59)60;;;;/h41-49,51-52,55-58H,4-39H2,1-3H3,(H,53,54)(H,59,60)(H,61,62)(H,63,64,65)(H,66,67,68);;;;/q;4*+1/p-4/t41-,42+,43-,44+,45+,46-,47-,48+,49+,51-;;;;/m1..../s1. The molecule has 0 aromatic heterocycles. The zero-order valence-corrected chi connectivity index (χ0v) is 61.6. The van der Waals surface area contributed by atoms with Gasteiger partial charge in [0.05, 0.1) is 38.4 Å². The van der Waals surface area contributed by atoms with Gasteiger partial charge in [-0.25, -0.2) is 16.8 Å². The van der Waals surface area contributed by atoms with Crippen LogP contribution in [0, 0.1) is 0 Å². The summed E-state index contributed by atoms with van der Waals surface area (Å²) in [5.74, 6) is -3.08. The molecule has 1 aliphatic rings. The molecule has 0 bridgehead atoms. The predicted molar refractivity (Wildman–Crippen MR) is 284 cm³/mol. The Labute approximate surface area is 584 Å². The van der Waals surface area contributed by atoms with Crippen LogP contribution < -0.4 is 139 Å². The average molecular weight is 1290 g/mol. The third kappa shape index (κ3) is 49.7. The first-order valence-corrected chi connectivity index (χ1v) is 32.9. The molecule has 1 saturated heterocycles. The number of aliphatic hydroxyl groups is 4. The van der Waals surface area contributed by atoms with Gasteiger partial charge in [0.15, 0.2) is 6.29 Å². The van der Waals surface area contributed by atoms with Crippen molar-refractivity contribution >= 4 is 40.5 Å². The Morgan fingerprint density at radius 2 is 1.05 bits per heavy atom. The summed E-state index contributed by atoms with van der Waals surface area (Å²) in [5, 5.41) is 58.5. The molecule has 32 heteroatoms. The van der Waals surface area contributed by atoms with E-state index in [1.54, 1.807) is 0 Å². The van der Waals surface area contributed by atoms with Crippen molar-refractivity contribution in [3.8, 4) is 0 Å². The number of ether oxygens (including phenoxy) is 4. The fraction of sp³-hybridized carbons (Fsp3) is 0.961. The van der Waals surface area contributed by atoms with Gasteiger partial charge in [-0.3, -0.25) is 17.7 Å². The van der Waals surface area contributed by atoms with Crippen molar-refractivity contribution in [2.45, 2.75) is 262 Å². The van der Waals surface area contributed by atoms with Crippen LogP contribution in [0.25, 0.3) is 0 Å². The van der Waals surface area contributed by atoms with Crippen LogP contribution in [0.5, 0.6) is 0 Å². The van der Waals surface area contributed by atoms with Crippen LogP contribution in [-0.2, 0) is 71.3 Å². The first-order valence-electron chi connectivity index (χ1n) is 28.8. The van der Waals surface area contributed by atoms with E-state index in [2.05, 4.69) is 32.8 Å². The maximum Gasteiger partial charge on any atom is 1.00 e. The molecular formula is C51H97N2Na4O23PS2. The van der Waals surface area contributed by atoms with Crippen molar-refractivity contribution in [1.29, 1.82) is 0 Å². The molecule has 1 aliphatic heterocycles. The van der Waals surface area contributed by atoms with Gasteiger partial charge in [-0.05, 0) is 12.8 Å². The minimum Gasteiger partial charge on any atom is -0.756 e. The van der Waals surface area contributed by atoms with E-state index >= 15 is 0 Å². The maximum atomic E-state index is 13.0. The summed E-state index contributed by atoms with van der Waals surface area (Å²) in [6.07, 6.45) is 13.2. The number of carboxylic acid groups (broad SMARTS) is 1. The molecule has 0 spiro atoms. The fourth-order valence-corrected chi connectivity index (χ4v) is 10.5. The van der Waals surface area contributed by atoms with Gasteiger partial charge in [0.25, 0.3) is 7.82 Å². The molecule has 1 unspecified atom stereocenters. The zero-order chi connectivity index (χ0) is 59.0. The monoisotopic (exact) mass is 1290 g/mol. The number of carbonyl (C=O) groups excluding carboxylic acids is 2. The third-order valence-electron chi connectivity index (χ3n) is 13.3. The summed E-state index contributed by atoms with van der Waals surface area (Å²) >= 11 is 0. The van der Waals surface area contributed by atoms with Crippen LogP contribution >= 0.6 is 7.82 Å². The summed E-state index contributed by atoms with van der Waals surface area (Å²) < 4.78 is 123. The van der Waals surface area contributed by atoms with E-state index in [0.717, 1.165) is 58.3 Å². The molecule has 11 atom stereocenters. The first-order chi connectivity index (χ1) is 37.5. The van der Waals surface area contributed by atoms with Crippen molar-refractivity contribution in [3.63, 3.8) is 0 Å². The van der Waals surface area contributed by atoms with E-state index in [4.69, 9.17) is 28.0 Å². The molecule has 1 heterocycles. The molecule has 0 aliphatic carbocycles. The van der Waals surface area contributed by atoms with Crippen LogP contribution in [0.1, 0.15) is 201 Å². The Hall–Kier alpha value is 2.43. The largest absolute Gasteiger partial charge is 1.00 e. The summed E-state index contributed by atoms with van der Waals surface area (Å²) in [6, 6.07) is -1.80. The predicted octanol–water partition coefficient (Wildman–Crippen LogP) is -8.41. The normalized spacial score (nSPS) is 19.8. The number of amides is 1. The van der Waals surface area contributed by atoms with Gasteiger partial charge in [0, 0.05) is 33.2 Å². The van der Waals surface area contributed by atoms with E-state index in [-0.39, 0.29) is 125 Å². The number of aliphatic carboxylic acids is 1. The number of aliphatic hydroxyl groups excluding tert-OH is 4. The number of carboxylic acids is 1. The number of hydrogen-bond acceptors (Lipinski definition) is 24. The quantitative estimate of drug-likeness (QED) is 0.0108. The molecule has 0 aromatic rings. The SMILES string of the molecule is CCCCCCCCCCCCCCCCOC[C@H](COP(=O)([O-])OCCNC[C@H](NC(C)=O)[C@@H](O[C@@H]1O[C@H](C(=O)[O-])[C@@H](O)[C@H](O)[C@H]1O)[C@@H](OS(=O)(=O)[O-])[C@H](O)COS(=O)(=O)[O-])OCCCCCCCCCCCCCCCC.[Na+].[Na+].[Na+].[Na+]. The van der Waals surface area contributed by atoms with E-state index in [9.17, 15) is 70.5 Å². The first kappa shape index (κ1) is 91.8. The van der Waals surface area contributed by atoms with Crippen LogP contribution in [0.4, 0.5) is 0 Å².